The van der Waals surface area contributed by atoms with Crippen molar-refractivity contribution in [2.45, 2.75) is 53.4 Å². The lowest BCUT2D eigenvalue weighted by atomic mass is 9.91. The molecule has 1 N–H and O–H groups in total. The minimum atomic E-state index is 0. The number of nitrogens with zero attached hydrogens (tertiary/aromatic N) is 4. The van der Waals surface area contributed by atoms with Crippen LogP contribution in [-0.2, 0) is 4.79 Å². The number of carbonyl (C=O) groups is 1. The Balaban J connectivity index is 0.00000364. The zero-order chi connectivity index (χ0) is 19.0. The fourth-order valence-electron chi connectivity index (χ4n) is 3.60. The average Bonchev–Trinajstić information content (AvgIpc) is 3.12. The van der Waals surface area contributed by atoms with Crippen LogP contribution in [0.1, 0.15) is 53.4 Å². The van der Waals surface area contributed by atoms with Crippen LogP contribution in [0.15, 0.2) is 4.99 Å². The maximum atomic E-state index is 12.3. The predicted molar refractivity (Wildman–Crippen MR) is 124 cm³/mol. The highest BCUT2D eigenvalue weighted by Crippen LogP contribution is 2.20. The van der Waals surface area contributed by atoms with E-state index in [0.29, 0.717) is 17.9 Å². The number of nitrogens with one attached hydrogen (secondary N) is 1. The molecule has 27 heavy (non-hydrogen) atoms. The van der Waals surface area contributed by atoms with Gasteiger partial charge in [-0.15, -0.1) is 24.0 Å². The van der Waals surface area contributed by atoms with Gasteiger partial charge in [-0.2, -0.15) is 0 Å². The molecule has 0 aromatic carbocycles. The SMILES string of the molecule is CCNC(=NCCCC(C)(C)C)N1CCN(CC(=O)N2CCCC2)CC1.I. The summed E-state index contributed by atoms with van der Waals surface area (Å²) in [5, 5.41) is 3.43. The highest BCUT2D eigenvalue weighted by molar-refractivity contribution is 14.0. The third-order valence-electron chi connectivity index (χ3n) is 5.17. The number of hydrogen-bond donors (Lipinski definition) is 1. The lowest BCUT2D eigenvalue weighted by molar-refractivity contribution is -0.131. The molecule has 7 heteroatoms. The average molecular weight is 493 g/mol. The molecule has 0 bridgehead atoms. The van der Waals surface area contributed by atoms with Crippen molar-refractivity contribution in [2.75, 3.05) is 58.9 Å². The standard InChI is InChI=1S/C20H39N5O.HI/c1-5-21-19(22-10-8-9-20(2,3)4)25-15-13-23(14-16-25)17-18(26)24-11-6-7-12-24;/h5-17H2,1-4H3,(H,21,22);1H. The second-order valence-corrected chi connectivity index (χ2v) is 8.75. The van der Waals surface area contributed by atoms with E-state index in [1.807, 2.05) is 4.90 Å². The van der Waals surface area contributed by atoms with E-state index < -0.39 is 0 Å². The van der Waals surface area contributed by atoms with Crippen LogP contribution < -0.4 is 5.32 Å². The molecule has 0 aromatic heterocycles. The van der Waals surface area contributed by atoms with Gasteiger partial charge in [0, 0.05) is 52.4 Å². The van der Waals surface area contributed by atoms with E-state index in [1.54, 1.807) is 0 Å². The Morgan fingerprint density at radius 2 is 1.63 bits per heavy atom. The van der Waals surface area contributed by atoms with Crippen LogP contribution in [0, 0.1) is 5.41 Å². The monoisotopic (exact) mass is 493 g/mol. The molecule has 6 nitrogen and oxygen atoms in total. The normalized spacial score (nSPS) is 19.2. The summed E-state index contributed by atoms with van der Waals surface area (Å²) in [4.78, 5) is 23.8. The van der Waals surface area contributed by atoms with Crippen molar-refractivity contribution in [2.24, 2.45) is 10.4 Å². The van der Waals surface area contributed by atoms with Crippen molar-refractivity contribution < 1.29 is 4.79 Å². The summed E-state index contributed by atoms with van der Waals surface area (Å²) < 4.78 is 0. The number of amides is 1. The van der Waals surface area contributed by atoms with E-state index in [1.165, 1.54) is 6.42 Å². The molecular formula is C20H40IN5O. The van der Waals surface area contributed by atoms with Crippen molar-refractivity contribution in [3.05, 3.63) is 0 Å². The van der Waals surface area contributed by atoms with Crippen molar-refractivity contribution in [1.29, 1.82) is 0 Å². The summed E-state index contributed by atoms with van der Waals surface area (Å²) in [5.74, 6) is 1.34. The minimum absolute atomic E-state index is 0. The van der Waals surface area contributed by atoms with Crippen molar-refractivity contribution in [1.82, 2.24) is 20.0 Å². The quantitative estimate of drug-likeness (QED) is 0.268. The van der Waals surface area contributed by atoms with Gasteiger partial charge in [-0.25, -0.2) is 0 Å². The van der Waals surface area contributed by atoms with Crippen LogP contribution in [0.5, 0.6) is 0 Å². The number of carbonyl (C=O) groups excluding carboxylic acids is 1. The van der Waals surface area contributed by atoms with Gasteiger partial charge >= 0.3 is 0 Å². The molecule has 2 saturated heterocycles. The zero-order valence-electron chi connectivity index (χ0n) is 17.8. The summed E-state index contributed by atoms with van der Waals surface area (Å²) in [6.07, 6.45) is 4.65. The summed E-state index contributed by atoms with van der Waals surface area (Å²) in [6, 6.07) is 0. The Bertz CT molecular complexity index is 463. The van der Waals surface area contributed by atoms with E-state index in [9.17, 15) is 4.79 Å². The Morgan fingerprint density at radius 3 is 2.19 bits per heavy atom. The molecule has 0 aliphatic carbocycles. The number of rotatable bonds is 6. The Labute approximate surface area is 183 Å². The Hall–Kier alpha value is -0.570. The number of likely N-dealkylation sites (tertiary alicyclic amines) is 1. The number of aliphatic imine (C=N–C) groups is 1. The Morgan fingerprint density at radius 1 is 1.00 bits per heavy atom. The molecule has 0 unspecified atom stereocenters. The van der Waals surface area contributed by atoms with Crippen molar-refractivity contribution in [3.63, 3.8) is 0 Å². The second-order valence-electron chi connectivity index (χ2n) is 8.75. The number of piperazine rings is 1. The first-order valence-electron chi connectivity index (χ1n) is 10.4. The van der Waals surface area contributed by atoms with Crippen molar-refractivity contribution >= 4 is 35.8 Å². The van der Waals surface area contributed by atoms with Crippen LogP contribution in [0.25, 0.3) is 0 Å². The van der Waals surface area contributed by atoms with Gasteiger partial charge in [0.05, 0.1) is 6.54 Å². The molecule has 2 aliphatic rings. The number of hydrogen-bond acceptors (Lipinski definition) is 3. The molecule has 2 heterocycles. The summed E-state index contributed by atoms with van der Waals surface area (Å²) >= 11 is 0. The number of halogens is 1. The first-order chi connectivity index (χ1) is 12.4. The molecule has 0 radical (unpaired) electrons. The van der Waals surface area contributed by atoms with Gasteiger partial charge in [-0.1, -0.05) is 20.8 Å². The fourth-order valence-corrected chi connectivity index (χ4v) is 3.60. The van der Waals surface area contributed by atoms with Gasteiger partial charge in [-0.05, 0) is 38.0 Å². The molecular weight excluding hydrogens is 453 g/mol. The molecule has 0 spiro atoms. The first kappa shape index (κ1) is 24.5. The maximum Gasteiger partial charge on any atom is 0.236 e. The second kappa shape index (κ2) is 12.1. The molecule has 2 aliphatic heterocycles. The van der Waals surface area contributed by atoms with Gasteiger partial charge in [0.25, 0.3) is 0 Å². The lowest BCUT2D eigenvalue weighted by Crippen LogP contribution is -2.54. The van der Waals surface area contributed by atoms with E-state index in [0.717, 1.165) is 77.6 Å². The van der Waals surface area contributed by atoms with Crippen LogP contribution in [-0.4, -0.2) is 85.5 Å². The summed E-state index contributed by atoms with van der Waals surface area (Å²) in [5.41, 5.74) is 0.376. The molecule has 158 valence electrons. The van der Waals surface area contributed by atoms with Gasteiger partial charge in [0.2, 0.25) is 5.91 Å². The van der Waals surface area contributed by atoms with Crippen molar-refractivity contribution in [3.8, 4) is 0 Å². The first-order valence-corrected chi connectivity index (χ1v) is 10.4. The molecule has 2 fully saturated rings. The molecule has 0 atom stereocenters. The van der Waals surface area contributed by atoms with Gasteiger partial charge < -0.3 is 15.1 Å². The molecule has 0 aromatic rings. The lowest BCUT2D eigenvalue weighted by Gasteiger charge is -2.36. The predicted octanol–water partition coefficient (Wildman–Crippen LogP) is 2.64. The third kappa shape index (κ3) is 8.98. The third-order valence-corrected chi connectivity index (χ3v) is 5.17. The smallest absolute Gasteiger partial charge is 0.236 e. The maximum absolute atomic E-state index is 12.3. The van der Waals surface area contributed by atoms with E-state index in [4.69, 9.17) is 4.99 Å². The highest BCUT2D eigenvalue weighted by Gasteiger charge is 2.24. The Kier molecular flexibility index (Phi) is 11.0. The van der Waals surface area contributed by atoms with Gasteiger partial charge in [-0.3, -0.25) is 14.7 Å². The largest absolute Gasteiger partial charge is 0.357 e. The minimum Gasteiger partial charge on any atom is -0.357 e. The van der Waals surface area contributed by atoms with Crippen LogP contribution in [0.2, 0.25) is 0 Å². The van der Waals surface area contributed by atoms with E-state index in [2.05, 4.69) is 42.8 Å². The zero-order valence-corrected chi connectivity index (χ0v) is 20.1. The van der Waals surface area contributed by atoms with Crippen LogP contribution in [0.3, 0.4) is 0 Å². The van der Waals surface area contributed by atoms with Crippen LogP contribution >= 0.6 is 24.0 Å². The molecule has 0 saturated carbocycles. The summed E-state index contributed by atoms with van der Waals surface area (Å²) in [6.45, 7) is 17.0. The fraction of sp³-hybridized carbons (Fsp3) is 0.900. The van der Waals surface area contributed by atoms with Crippen LogP contribution in [0.4, 0.5) is 0 Å². The molecule has 1 amide bonds. The van der Waals surface area contributed by atoms with Gasteiger partial charge in [0.1, 0.15) is 0 Å². The molecule has 2 rings (SSSR count). The number of guanidine groups is 1. The van der Waals surface area contributed by atoms with E-state index in [-0.39, 0.29) is 24.0 Å². The van der Waals surface area contributed by atoms with E-state index >= 15 is 0 Å². The van der Waals surface area contributed by atoms with Gasteiger partial charge in [0.15, 0.2) is 5.96 Å². The highest BCUT2D eigenvalue weighted by atomic mass is 127. The topological polar surface area (TPSA) is 51.2 Å². The summed E-state index contributed by atoms with van der Waals surface area (Å²) in [7, 11) is 0.